The van der Waals surface area contributed by atoms with Crippen molar-refractivity contribution in [1.82, 2.24) is 14.5 Å². The number of aryl methyl sites for hydroxylation is 1. The Morgan fingerprint density at radius 3 is 2.69 bits per heavy atom. The summed E-state index contributed by atoms with van der Waals surface area (Å²) < 4.78 is 27.5. The number of alkyl halides is 1. The molecule has 0 radical (unpaired) electrons. The minimum Gasteiger partial charge on any atom is -0.255 e. The van der Waals surface area contributed by atoms with Crippen LogP contribution in [0.2, 0.25) is 5.02 Å². The molecule has 0 amide bonds. The minimum absolute atomic E-state index is 0.0319. The van der Waals surface area contributed by atoms with Crippen molar-refractivity contribution in [2.45, 2.75) is 24.4 Å². The highest BCUT2D eigenvalue weighted by molar-refractivity contribution is 7.89. The van der Waals surface area contributed by atoms with Crippen molar-refractivity contribution in [3.8, 4) is 0 Å². The number of halogens is 2. The van der Waals surface area contributed by atoms with Crippen LogP contribution in [0.1, 0.15) is 13.3 Å². The molecule has 0 spiro atoms. The monoisotopic (exact) mass is 285 g/mol. The second-order valence-corrected chi connectivity index (χ2v) is 5.84. The molecule has 1 aromatic rings. The number of hydrogen-bond acceptors (Lipinski definition) is 3. The van der Waals surface area contributed by atoms with Gasteiger partial charge in [0.05, 0.1) is 11.2 Å². The first-order chi connectivity index (χ1) is 7.38. The lowest BCUT2D eigenvalue weighted by Crippen LogP contribution is -2.34. The number of aromatic nitrogens is 2. The van der Waals surface area contributed by atoms with E-state index in [9.17, 15) is 8.42 Å². The molecule has 0 aliphatic rings. The van der Waals surface area contributed by atoms with E-state index in [1.807, 2.05) is 0 Å². The first-order valence-corrected chi connectivity index (χ1v) is 7.04. The third-order valence-electron chi connectivity index (χ3n) is 2.00. The number of rotatable bonds is 5. The van der Waals surface area contributed by atoms with Gasteiger partial charge in [-0.1, -0.05) is 11.6 Å². The molecular weight excluding hydrogens is 273 g/mol. The molecule has 0 aliphatic heterocycles. The van der Waals surface area contributed by atoms with Crippen molar-refractivity contribution < 1.29 is 8.42 Å². The van der Waals surface area contributed by atoms with Gasteiger partial charge in [0.15, 0.2) is 5.03 Å². The van der Waals surface area contributed by atoms with Crippen molar-refractivity contribution in [2.24, 2.45) is 7.05 Å². The van der Waals surface area contributed by atoms with E-state index >= 15 is 0 Å². The molecular formula is C8H13Cl2N3O2S. The van der Waals surface area contributed by atoms with Gasteiger partial charge in [0, 0.05) is 19.0 Å². The highest BCUT2D eigenvalue weighted by Gasteiger charge is 2.24. The molecule has 0 bridgehead atoms. The van der Waals surface area contributed by atoms with Crippen LogP contribution >= 0.6 is 23.2 Å². The fraction of sp³-hybridized carbons (Fsp3) is 0.625. The first-order valence-electron chi connectivity index (χ1n) is 4.64. The van der Waals surface area contributed by atoms with Crippen LogP contribution in [0, 0.1) is 0 Å². The fourth-order valence-electron chi connectivity index (χ4n) is 1.25. The maximum absolute atomic E-state index is 11.9. The van der Waals surface area contributed by atoms with Crippen molar-refractivity contribution in [1.29, 1.82) is 0 Å². The second-order valence-electron chi connectivity index (χ2n) is 3.42. The van der Waals surface area contributed by atoms with E-state index in [-0.39, 0.29) is 16.1 Å². The van der Waals surface area contributed by atoms with E-state index in [2.05, 4.69) is 9.82 Å². The Balaban J connectivity index is 2.95. The third kappa shape index (κ3) is 3.10. The van der Waals surface area contributed by atoms with Crippen LogP contribution in [0.4, 0.5) is 0 Å². The van der Waals surface area contributed by atoms with Crippen LogP contribution in [0.5, 0.6) is 0 Å². The summed E-state index contributed by atoms with van der Waals surface area (Å²) in [6.07, 6.45) is 1.85. The Morgan fingerprint density at radius 1 is 1.62 bits per heavy atom. The Morgan fingerprint density at radius 2 is 2.25 bits per heavy atom. The van der Waals surface area contributed by atoms with E-state index in [1.54, 1.807) is 6.92 Å². The molecule has 1 heterocycles. The fourth-order valence-corrected chi connectivity index (χ4v) is 3.51. The molecule has 1 unspecified atom stereocenters. The van der Waals surface area contributed by atoms with Crippen molar-refractivity contribution in [3.63, 3.8) is 0 Å². The van der Waals surface area contributed by atoms with Crippen molar-refractivity contribution in [3.05, 3.63) is 11.2 Å². The van der Waals surface area contributed by atoms with Gasteiger partial charge >= 0.3 is 0 Å². The van der Waals surface area contributed by atoms with Gasteiger partial charge in [-0.15, -0.1) is 11.6 Å². The molecule has 0 aromatic carbocycles. The molecule has 0 saturated carbocycles. The molecule has 1 rings (SSSR count). The summed E-state index contributed by atoms with van der Waals surface area (Å²) >= 11 is 11.3. The van der Waals surface area contributed by atoms with E-state index in [1.165, 1.54) is 17.9 Å². The zero-order valence-corrected chi connectivity index (χ0v) is 11.3. The molecule has 16 heavy (non-hydrogen) atoms. The SMILES string of the molecule is CC(CCCl)NS(=O)(=O)c1c(Cl)cnn1C. The van der Waals surface area contributed by atoms with Gasteiger partial charge in [0.1, 0.15) is 0 Å². The molecule has 1 N–H and O–H groups in total. The summed E-state index contributed by atoms with van der Waals surface area (Å²) in [6, 6.07) is -0.242. The highest BCUT2D eigenvalue weighted by atomic mass is 35.5. The summed E-state index contributed by atoms with van der Waals surface area (Å²) in [4.78, 5) is 0. The van der Waals surface area contributed by atoms with Gasteiger partial charge in [-0.3, -0.25) is 4.68 Å². The number of nitrogens with one attached hydrogen (secondary N) is 1. The summed E-state index contributed by atoms with van der Waals surface area (Å²) in [5.74, 6) is 0.392. The molecule has 0 saturated heterocycles. The average Bonchev–Trinajstić information content (AvgIpc) is 2.45. The van der Waals surface area contributed by atoms with Crippen LogP contribution in [-0.4, -0.2) is 30.1 Å². The summed E-state index contributed by atoms with van der Waals surface area (Å²) in [6.45, 7) is 1.74. The van der Waals surface area contributed by atoms with Crippen LogP contribution in [0.15, 0.2) is 11.2 Å². The standard InChI is InChI=1S/C8H13Cl2N3O2S/c1-6(3-4-9)12-16(14,15)8-7(10)5-11-13(8)2/h5-6,12H,3-4H2,1-2H3. The smallest absolute Gasteiger partial charge is 0.255 e. The van der Waals surface area contributed by atoms with E-state index in [0.29, 0.717) is 12.3 Å². The lowest BCUT2D eigenvalue weighted by Gasteiger charge is -2.12. The van der Waals surface area contributed by atoms with Gasteiger partial charge in [-0.2, -0.15) is 5.10 Å². The zero-order chi connectivity index (χ0) is 12.3. The number of sulfonamides is 1. The molecule has 0 fully saturated rings. The van der Waals surface area contributed by atoms with E-state index < -0.39 is 10.0 Å². The highest BCUT2D eigenvalue weighted by Crippen LogP contribution is 2.19. The Kier molecular flexibility index (Phi) is 4.61. The Hall–Kier alpha value is -0.300. The maximum Gasteiger partial charge on any atom is 0.259 e. The average molecular weight is 286 g/mol. The van der Waals surface area contributed by atoms with Gasteiger partial charge in [-0.25, -0.2) is 13.1 Å². The molecule has 92 valence electrons. The Labute approximate surface area is 105 Å². The topological polar surface area (TPSA) is 64.0 Å². The van der Waals surface area contributed by atoms with Crippen molar-refractivity contribution in [2.75, 3.05) is 5.88 Å². The van der Waals surface area contributed by atoms with Gasteiger partial charge in [0.25, 0.3) is 10.0 Å². The van der Waals surface area contributed by atoms with Crippen molar-refractivity contribution >= 4 is 33.2 Å². The number of hydrogen-bond donors (Lipinski definition) is 1. The summed E-state index contributed by atoms with van der Waals surface area (Å²) in [7, 11) is -2.12. The normalized spacial score (nSPS) is 14.0. The van der Waals surface area contributed by atoms with E-state index in [0.717, 1.165) is 0 Å². The summed E-state index contributed by atoms with van der Waals surface area (Å²) in [5.41, 5.74) is 0. The maximum atomic E-state index is 11.9. The predicted octanol–water partition coefficient (Wildman–Crippen LogP) is 1.37. The van der Waals surface area contributed by atoms with Gasteiger partial charge in [-0.05, 0) is 13.3 Å². The number of nitrogens with zero attached hydrogens (tertiary/aromatic N) is 2. The largest absolute Gasteiger partial charge is 0.259 e. The van der Waals surface area contributed by atoms with Crippen LogP contribution in [0.3, 0.4) is 0 Å². The molecule has 8 heteroatoms. The molecule has 1 aromatic heterocycles. The molecule has 1 atom stereocenters. The van der Waals surface area contributed by atoms with Crippen LogP contribution in [0.25, 0.3) is 0 Å². The molecule has 0 aliphatic carbocycles. The third-order valence-corrected chi connectivity index (χ3v) is 4.31. The zero-order valence-electron chi connectivity index (χ0n) is 8.94. The Bertz CT molecular complexity index is 438. The predicted molar refractivity (Wildman–Crippen MR) is 63.3 cm³/mol. The van der Waals surface area contributed by atoms with E-state index in [4.69, 9.17) is 23.2 Å². The minimum atomic E-state index is -3.64. The second kappa shape index (κ2) is 5.35. The van der Waals surface area contributed by atoms with Crippen LogP contribution in [-0.2, 0) is 17.1 Å². The van der Waals surface area contributed by atoms with Crippen LogP contribution < -0.4 is 4.72 Å². The van der Waals surface area contributed by atoms with Gasteiger partial charge in [0.2, 0.25) is 0 Å². The summed E-state index contributed by atoms with van der Waals surface area (Å²) in [5, 5.41) is 3.85. The lowest BCUT2D eigenvalue weighted by molar-refractivity contribution is 0.542. The first kappa shape index (κ1) is 13.8. The van der Waals surface area contributed by atoms with Gasteiger partial charge < -0.3 is 0 Å². The quantitative estimate of drug-likeness (QED) is 0.831. The lowest BCUT2D eigenvalue weighted by atomic mass is 10.3. The molecule has 5 nitrogen and oxygen atoms in total.